The van der Waals surface area contributed by atoms with Crippen molar-refractivity contribution in [1.29, 1.82) is 0 Å². The van der Waals surface area contributed by atoms with Crippen molar-refractivity contribution in [2.45, 2.75) is 347 Å². The molecule has 1 amide bonds. The average molecular weight is 865 g/mol. The predicted molar refractivity (Wildman–Crippen MR) is 269 cm³/mol. The molecule has 0 aromatic heterocycles. The summed E-state index contributed by atoms with van der Waals surface area (Å²) in [6.45, 7) is 4.23. The van der Waals surface area contributed by atoms with Crippen molar-refractivity contribution in [2.75, 3.05) is 6.61 Å². The largest absolute Gasteiger partial charge is 0.394 e. The summed E-state index contributed by atoms with van der Waals surface area (Å²) in [5.74, 6) is -0.135. The summed E-state index contributed by atoms with van der Waals surface area (Å²) in [5.41, 5.74) is 0. The average Bonchev–Trinajstić information content (AvgIpc) is 3.26. The van der Waals surface area contributed by atoms with Gasteiger partial charge in [0, 0.05) is 6.42 Å². The van der Waals surface area contributed by atoms with Gasteiger partial charge in [0.2, 0.25) is 5.91 Å². The van der Waals surface area contributed by atoms with E-state index in [0.29, 0.717) is 12.8 Å². The zero-order chi connectivity index (χ0) is 44.4. The highest BCUT2D eigenvalue weighted by atomic mass is 16.3. The maximum absolute atomic E-state index is 12.5. The van der Waals surface area contributed by atoms with Crippen LogP contribution in [0.25, 0.3) is 0 Å². The van der Waals surface area contributed by atoms with Crippen LogP contribution >= 0.6 is 0 Å². The third-order valence-electron chi connectivity index (χ3n) is 13.7. The third kappa shape index (κ3) is 47.1. The maximum Gasteiger partial charge on any atom is 0.220 e. The van der Waals surface area contributed by atoms with Gasteiger partial charge in [0.05, 0.1) is 18.8 Å². The van der Waals surface area contributed by atoms with Crippen LogP contribution in [-0.4, -0.2) is 46.1 Å². The Balaban J connectivity index is 3.49. The topological polar surface area (TPSA) is 89.8 Å². The molecule has 0 radical (unpaired) electrons. The second-order valence-corrected chi connectivity index (χ2v) is 19.9. The fourth-order valence-corrected chi connectivity index (χ4v) is 9.34. The van der Waals surface area contributed by atoms with Gasteiger partial charge in [-0.25, -0.2) is 0 Å². The fraction of sp³-hybridized carbons (Fsp3) is 0.982. The molecule has 5 nitrogen and oxygen atoms in total. The number of carbonyl (C=O) groups is 1. The van der Waals surface area contributed by atoms with E-state index < -0.39 is 18.2 Å². The number of amides is 1. The first-order valence-electron chi connectivity index (χ1n) is 28.3. The smallest absolute Gasteiger partial charge is 0.220 e. The molecule has 0 aliphatic heterocycles. The van der Waals surface area contributed by atoms with Gasteiger partial charge in [0.25, 0.3) is 0 Å². The minimum absolute atomic E-state index is 0.135. The SMILES string of the molecule is CCCCCCCCCCCCCCCCCCCCCCCCCCCCC(=O)NC(CO)C(O)C(O)CCCCCCCCCCCCCCCCCCCCCCC. The second kappa shape index (κ2) is 52.0. The van der Waals surface area contributed by atoms with Crippen molar-refractivity contribution in [3.05, 3.63) is 0 Å². The molecule has 0 aliphatic carbocycles. The summed E-state index contributed by atoms with van der Waals surface area (Å²) in [6.07, 6.45) is 62.6. The molecule has 0 saturated carbocycles. The summed E-state index contributed by atoms with van der Waals surface area (Å²) in [4.78, 5) is 12.5. The Bertz CT molecular complexity index is 822. The van der Waals surface area contributed by atoms with Crippen LogP contribution in [0.1, 0.15) is 328 Å². The Labute approximate surface area is 383 Å². The molecule has 5 heteroatoms. The Morgan fingerprint density at radius 2 is 0.557 bits per heavy atom. The van der Waals surface area contributed by atoms with Crippen molar-refractivity contribution in [3.8, 4) is 0 Å². The van der Waals surface area contributed by atoms with Crippen LogP contribution < -0.4 is 5.32 Å². The Morgan fingerprint density at radius 1 is 0.344 bits per heavy atom. The lowest BCUT2D eigenvalue weighted by Gasteiger charge is -2.26. The third-order valence-corrected chi connectivity index (χ3v) is 13.7. The molecule has 0 rings (SSSR count). The zero-order valence-electron chi connectivity index (χ0n) is 41.8. The quantitative estimate of drug-likeness (QED) is 0.0459. The van der Waals surface area contributed by atoms with Crippen molar-refractivity contribution in [1.82, 2.24) is 5.32 Å². The molecule has 0 saturated heterocycles. The minimum atomic E-state index is -1.13. The van der Waals surface area contributed by atoms with Gasteiger partial charge in [-0.15, -0.1) is 0 Å². The fourth-order valence-electron chi connectivity index (χ4n) is 9.34. The van der Waals surface area contributed by atoms with Gasteiger partial charge in [-0.3, -0.25) is 4.79 Å². The molecule has 0 fully saturated rings. The molecular formula is C56H113NO4. The summed E-state index contributed by atoms with van der Waals surface area (Å²) >= 11 is 0. The number of nitrogens with one attached hydrogen (secondary N) is 1. The van der Waals surface area contributed by atoms with Gasteiger partial charge >= 0.3 is 0 Å². The highest BCUT2D eigenvalue weighted by Gasteiger charge is 2.26. The number of hydrogen-bond acceptors (Lipinski definition) is 4. The summed E-state index contributed by atoms with van der Waals surface area (Å²) < 4.78 is 0. The molecule has 0 heterocycles. The molecule has 0 bridgehead atoms. The molecule has 0 spiro atoms. The predicted octanol–water partition coefficient (Wildman–Crippen LogP) is 17.3. The lowest BCUT2D eigenvalue weighted by Crippen LogP contribution is -2.50. The zero-order valence-corrected chi connectivity index (χ0v) is 41.8. The molecule has 0 aliphatic rings. The van der Waals surface area contributed by atoms with E-state index in [1.807, 2.05) is 0 Å². The van der Waals surface area contributed by atoms with E-state index in [1.54, 1.807) is 0 Å². The number of unbranched alkanes of at least 4 members (excludes halogenated alkanes) is 45. The van der Waals surface area contributed by atoms with E-state index >= 15 is 0 Å². The van der Waals surface area contributed by atoms with Crippen LogP contribution in [-0.2, 0) is 4.79 Å². The number of hydrogen-bond donors (Lipinski definition) is 4. The van der Waals surface area contributed by atoms with Crippen molar-refractivity contribution in [2.24, 2.45) is 0 Å². The number of rotatable bonds is 53. The molecule has 3 atom stereocenters. The van der Waals surface area contributed by atoms with Crippen molar-refractivity contribution in [3.63, 3.8) is 0 Å². The first-order valence-corrected chi connectivity index (χ1v) is 28.3. The molecular weight excluding hydrogens is 751 g/mol. The van der Waals surface area contributed by atoms with Crippen LogP contribution in [0.5, 0.6) is 0 Å². The van der Waals surface area contributed by atoms with Gasteiger partial charge in [-0.1, -0.05) is 309 Å². The summed E-state index contributed by atoms with van der Waals surface area (Å²) in [6, 6.07) is -0.804. The Kier molecular flexibility index (Phi) is 51.4. The number of aliphatic hydroxyl groups excluding tert-OH is 3. The molecule has 3 unspecified atom stereocenters. The minimum Gasteiger partial charge on any atom is -0.394 e. The summed E-state index contributed by atoms with van der Waals surface area (Å²) in [5, 5.41) is 33.8. The Hall–Kier alpha value is -0.650. The van der Waals surface area contributed by atoms with Crippen molar-refractivity contribution < 1.29 is 20.1 Å². The summed E-state index contributed by atoms with van der Waals surface area (Å²) in [7, 11) is 0. The first kappa shape index (κ1) is 60.4. The van der Waals surface area contributed by atoms with E-state index in [1.165, 1.54) is 270 Å². The highest BCUT2D eigenvalue weighted by Crippen LogP contribution is 2.19. The first-order chi connectivity index (χ1) is 30.1. The monoisotopic (exact) mass is 864 g/mol. The van der Waals surface area contributed by atoms with Gasteiger partial charge < -0.3 is 20.6 Å². The number of carbonyl (C=O) groups excluding carboxylic acids is 1. The lowest BCUT2D eigenvalue weighted by molar-refractivity contribution is -0.124. The van der Waals surface area contributed by atoms with Crippen LogP contribution in [0.3, 0.4) is 0 Å². The molecule has 4 N–H and O–H groups in total. The highest BCUT2D eigenvalue weighted by molar-refractivity contribution is 5.76. The van der Waals surface area contributed by atoms with Crippen LogP contribution in [0.4, 0.5) is 0 Å². The number of aliphatic hydroxyl groups is 3. The lowest BCUT2D eigenvalue weighted by atomic mass is 9.99. The second-order valence-electron chi connectivity index (χ2n) is 19.9. The molecule has 61 heavy (non-hydrogen) atoms. The van der Waals surface area contributed by atoms with Crippen molar-refractivity contribution >= 4 is 5.91 Å². The van der Waals surface area contributed by atoms with Crippen LogP contribution in [0, 0.1) is 0 Å². The van der Waals surface area contributed by atoms with Gasteiger partial charge in [0.15, 0.2) is 0 Å². The normalized spacial score (nSPS) is 13.2. The van der Waals surface area contributed by atoms with Crippen LogP contribution in [0.2, 0.25) is 0 Å². The van der Waals surface area contributed by atoms with E-state index in [2.05, 4.69) is 19.2 Å². The maximum atomic E-state index is 12.5. The van der Waals surface area contributed by atoms with E-state index in [4.69, 9.17) is 0 Å². The van der Waals surface area contributed by atoms with E-state index in [0.717, 1.165) is 32.1 Å². The molecule has 0 aromatic rings. The van der Waals surface area contributed by atoms with E-state index in [-0.39, 0.29) is 12.5 Å². The standard InChI is InChI=1S/C56H113NO4/c1-3-5-7-9-11-13-15-17-19-21-23-25-26-27-28-29-31-33-35-37-39-41-43-45-47-49-51-55(60)57-53(52-58)56(61)54(59)50-48-46-44-42-40-38-36-34-32-30-24-22-20-18-16-14-12-10-8-6-4-2/h53-54,56,58-59,61H,3-52H2,1-2H3,(H,57,60). The molecule has 0 aromatic carbocycles. The van der Waals surface area contributed by atoms with Gasteiger partial charge in [-0.05, 0) is 12.8 Å². The van der Waals surface area contributed by atoms with Crippen LogP contribution in [0.15, 0.2) is 0 Å². The van der Waals surface area contributed by atoms with Gasteiger partial charge in [-0.2, -0.15) is 0 Å². The van der Waals surface area contributed by atoms with Gasteiger partial charge in [0.1, 0.15) is 6.10 Å². The Morgan fingerprint density at radius 3 is 0.787 bits per heavy atom. The van der Waals surface area contributed by atoms with E-state index in [9.17, 15) is 20.1 Å². The molecule has 366 valence electrons.